The molecule has 3 nitrogen and oxygen atoms in total. The molecule has 3 aliphatic rings. The highest BCUT2D eigenvalue weighted by atomic mass is 16.1. The van der Waals surface area contributed by atoms with Crippen molar-refractivity contribution in [2.45, 2.75) is 50.4 Å². The van der Waals surface area contributed by atoms with Gasteiger partial charge in [-0.25, -0.2) is 0 Å². The Morgan fingerprint density at radius 3 is 2.95 bits per heavy atom. The highest BCUT2D eigenvalue weighted by molar-refractivity contribution is 5.93. The lowest BCUT2D eigenvalue weighted by Gasteiger charge is -2.55. The standard InChI is InChI=1S/C18H21NO2/c19-17(21)13-4-3-12-8-11-2-1-7-18(16(12)9-13)10-14(20)5-6-15(11)18/h3-4,9,11,15H,1-2,5-8,10H2,(H2,19,21)/t11-,15+,18+/m1/s1. The molecule has 0 heterocycles. The zero-order valence-corrected chi connectivity index (χ0v) is 12.2. The monoisotopic (exact) mass is 283 g/mol. The number of hydrogen-bond acceptors (Lipinski definition) is 2. The molecule has 1 aromatic rings. The molecule has 3 heteroatoms. The summed E-state index contributed by atoms with van der Waals surface area (Å²) in [5.74, 6) is 1.37. The first-order chi connectivity index (χ1) is 10.1. The molecule has 110 valence electrons. The summed E-state index contributed by atoms with van der Waals surface area (Å²) in [6.45, 7) is 0. The highest BCUT2D eigenvalue weighted by Crippen LogP contribution is 2.58. The van der Waals surface area contributed by atoms with E-state index in [1.807, 2.05) is 12.1 Å². The van der Waals surface area contributed by atoms with Crippen LogP contribution in [-0.2, 0) is 16.6 Å². The lowest BCUT2D eigenvalue weighted by Crippen LogP contribution is -2.51. The molecule has 0 unspecified atom stereocenters. The molecule has 1 amide bonds. The van der Waals surface area contributed by atoms with Crippen molar-refractivity contribution in [1.82, 2.24) is 0 Å². The number of nitrogens with two attached hydrogens (primary N) is 1. The van der Waals surface area contributed by atoms with Crippen LogP contribution in [0, 0.1) is 11.8 Å². The molecule has 2 bridgehead atoms. The van der Waals surface area contributed by atoms with Gasteiger partial charge in [-0.1, -0.05) is 12.5 Å². The molecular formula is C18H21NO2. The maximum atomic E-state index is 12.1. The second-order valence-corrected chi connectivity index (χ2v) is 7.11. The second kappa shape index (κ2) is 4.43. The summed E-state index contributed by atoms with van der Waals surface area (Å²) in [7, 11) is 0. The van der Waals surface area contributed by atoms with Gasteiger partial charge < -0.3 is 5.73 Å². The van der Waals surface area contributed by atoms with Gasteiger partial charge in [0.15, 0.2) is 0 Å². The summed E-state index contributed by atoms with van der Waals surface area (Å²) < 4.78 is 0. The van der Waals surface area contributed by atoms with Gasteiger partial charge in [0.2, 0.25) is 5.91 Å². The zero-order chi connectivity index (χ0) is 14.6. The van der Waals surface area contributed by atoms with E-state index in [4.69, 9.17) is 5.73 Å². The maximum Gasteiger partial charge on any atom is 0.248 e. The Bertz CT molecular complexity index is 636. The van der Waals surface area contributed by atoms with E-state index in [-0.39, 0.29) is 11.3 Å². The van der Waals surface area contributed by atoms with Crippen LogP contribution in [0.1, 0.15) is 60.0 Å². The molecule has 0 saturated heterocycles. The van der Waals surface area contributed by atoms with E-state index in [1.165, 1.54) is 24.0 Å². The predicted octanol–water partition coefficient (Wildman–Crippen LogP) is 2.75. The van der Waals surface area contributed by atoms with E-state index in [9.17, 15) is 9.59 Å². The topological polar surface area (TPSA) is 60.2 Å². The quantitative estimate of drug-likeness (QED) is 0.861. The fourth-order valence-electron chi connectivity index (χ4n) is 5.33. The summed E-state index contributed by atoms with van der Waals surface area (Å²) in [4.78, 5) is 23.7. The van der Waals surface area contributed by atoms with Crippen molar-refractivity contribution in [3.05, 3.63) is 34.9 Å². The van der Waals surface area contributed by atoms with E-state index in [1.54, 1.807) is 0 Å². The van der Waals surface area contributed by atoms with Gasteiger partial charge in [0.1, 0.15) is 5.78 Å². The fourth-order valence-corrected chi connectivity index (χ4v) is 5.33. The van der Waals surface area contributed by atoms with Crippen LogP contribution in [-0.4, -0.2) is 11.7 Å². The maximum absolute atomic E-state index is 12.1. The fraction of sp³-hybridized carbons (Fsp3) is 0.556. The average molecular weight is 283 g/mol. The third-order valence-corrected chi connectivity index (χ3v) is 6.14. The SMILES string of the molecule is NC(=O)c1ccc2c(c1)[C@]13CCC[C@H](C2)[C@@H]1CCC(=O)C3. The molecule has 2 saturated carbocycles. The lowest BCUT2D eigenvalue weighted by atomic mass is 9.48. The number of Topliss-reactive ketones (excluding diaryl/α,β-unsaturated/α-hetero) is 1. The van der Waals surface area contributed by atoms with Gasteiger partial charge in [-0.2, -0.15) is 0 Å². The Labute approximate surface area is 124 Å². The summed E-state index contributed by atoms with van der Waals surface area (Å²) in [6, 6.07) is 5.91. The second-order valence-electron chi connectivity index (χ2n) is 7.11. The molecule has 2 N–H and O–H groups in total. The van der Waals surface area contributed by atoms with Gasteiger partial charge in [0.05, 0.1) is 0 Å². The Morgan fingerprint density at radius 2 is 2.14 bits per heavy atom. The van der Waals surface area contributed by atoms with Crippen molar-refractivity contribution < 1.29 is 9.59 Å². The number of fused-ring (bicyclic) bond motifs is 1. The van der Waals surface area contributed by atoms with Crippen molar-refractivity contribution in [2.24, 2.45) is 17.6 Å². The highest BCUT2D eigenvalue weighted by Gasteiger charge is 2.53. The van der Waals surface area contributed by atoms with Crippen LogP contribution in [0.2, 0.25) is 0 Å². The molecule has 3 aliphatic carbocycles. The molecule has 21 heavy (non-hydrogen) atoms. The number of hydrogen-bond donors (Lipinski definition) is 1. The van der Waals surface area contributed by atoms with Crippen molar-refractivity contribution >= 4 is 11.7 Å². The van der Waals surface area contributed by atoms with Crippen molar-refractivity contribution in [3.63, 3.8) is 0 Å². The van der Waals surface area contributed by atoms with Crippen molar-refractivity contribution in [2.75, 3.05) is 0 Å². The predicted molar refractivity (Wildman–Crippen MR) is 80.0 cm³/mol. The van der Waals surface area contributed by atoms with Gasteiger partial charge in [-0.05, 0) is 60.8 Å². The minimum absolute atomic E-state index is 0.00269. The number of primary amides is 1. The number of carbonyl (C=O) groups excluding carboxylic acids is 2. The normalized spacial score (nSPS) is 34.0. The molecule has 0 aliphatic heterocycles. The van der Waals surface area contributed by atoms with Gasteiger partial charge in [-0.15, -0.1) is 0 Å². The Kier molecular flexibility index (Phi) is 2.75. The summed E-state index contributed by atoms with van der Waals surface area (Å²) in [5.41, 5.74) is 8.65. The van der Waals surface area contributed by atoms with Crippen LogP contribution in [0.25, 0.3) is 0 Å². The number of amides is 1. The summed E-state index contributed by atoms with van der Waals surface area (Å²) >= 11 is 0. The molecule has 0 radical (unpaired) electrons. The Balaban J connectivity index is 1.90. The third-order valence-electron chi connectivity index (χ3n) is 6.14. The zero-order valence-electron chi connectivity index (χ0n) is 12.2. The number of benzene rings is 1. The molecule has 4 rings (SSSR count). The first-order valence-electron chi connectivity index (χ1n) is 8.05. The minimum Gasteiger partial charge on any atom is -0.366 e. The van der Waals surface area contributed by atoms with Gasteiger partial charge in [0.25, 0.3) is 0 Å². The summed E-state index contributed by atoms with van der Waals surface area (Å²) in [5, 5.41) is 0. The van der Waals surface area contributed by atoms with E-state index >= 15 is 0 Å². The first kappa shape index (κ1) is 13.1. The van der Waals surface area contributed by atoms with Crippen LogP contribution in [0.3, 0.4) is 0 Å². The van der Waals surface area contributed by atoms with Crippen molar-refractivity contribution in [1.29, 1.82) is 0 Å². The smallest absolute Gasteiger partial charge is 0.248 e. The largest absolute Gasteiger partial charge is 0.366 e. The van der Waals surface area contributed by atoms with Crippen LogP contribution in [0.4, 0.5) is 0 Å². The molecule has 3 atom stereocenters. The molecule has 0 spiro atoms. The molecular weight excluding hydrogens is 262 g/mol. The van der Waals surface area contributed by atoms with E-state index in [2.05, 4.69) is 6.07 Å². The number of carbonyl (C=O) groups is 2. The molecule has 0 aromatic heterocycles. The minimum atomic E-state index is -0.370. The Morgan fingerprint density at radius 1 is 1.29 bits per heavy atom. The van der Waals surface area contributed by atoms with Crippen molar-refractivity contribution in [3.8, 4) is 0 Å². The lowest BCUT2D eigenvalue weighted by molar-refractivity contribution is -0.125. The average Bonchev–Trinajstić information content (AvgIpc) is 2.46. The van der Waals surface area contributed by atoms with Crippen LogP contribution in [0.15, 0.2) is 18.2 Å². The van der Waals surface area contributed by atoms with Gasteiger partial charge in [0, 0.05) is 23.8 Å². The molecule has 1 aromatic carbocycles. The third kappa shape index (κ3) is 1.79. The van der Waals surface area contributed by atoms with Crippen LogP contribution < -0.4 is 5.73 Å². The van der Waals surface area contributed by atoms with Gasteiger partial charge in [-0.3, -0.25) is 9.59 Å². The number of ketones is 1. The molecule has 2 fully saturated rings. The van der Waals surface area contributed by atoms with E-state index < -0.39 is 0 Å². The van der Waals surface area contributed by atoms with Gasteiger partial charge >= 0.3 is 0 Å². The Hall–Kier alpha value is -1.64. The van der Waals surface area contributed by atoms with Crippen LogP contribution >= 0.6 is 0 Å². The first-order valence-corrected chi connectivity index (χ1v) is 8.05. The number of rotatable bonds is 1. The van der Waals surface area contributed by atoms with E-state index in [0.29, 0.717) is 23.7 Å². The van der Waals surface area contributed by atoms with E-state index in [0.717, 1.165) is 31.6 Å². The summed E-state index contributed by atoms with van der Waals surface area (Å²) in [6.07, 6.45) is 7.14. The van der Waals surface area contributed by atoms with Crippen LogP contribution in [0.5, 0.6) is 0 Å².